The Kier molecular flexibility index (Phi) is 3.97. The Balaban J connectivity index is 2.35. The summed E-state index contributed by atoms with van der Waals surface area (Å²) in [5, 5.41) is 10.3. The Morgan fingerprint density at radius 1 is 1.21 bits per heavy atom. The maximum Gasteiger partial charge on any atom is 0.0591 e. The number of aliphatic hydroxyl groups is 1. The van der Waals surface area contributed by atoms with Crippen LogP contribution in [0.5, 0.6) is 0 Å². The molecule has 0 unspecified atom stereocenters. The van der Waals surface area contributed by atoms with E-state index in [1.54, 1.807) is 0 Å². The lowest BCUT2D eigenvalue weighted by atomic mass is 9.99. The quantitative estimate of drug-likeness (QED) is 0.811. The van der Waals surface area contributed by atoms with Crippen molar-refractivity contribution in [2.45, 2.75) is 38.7 Å². The van der Waals surface area contributed by atoms with E-state index < -0.39 is 5.60 Å². The molecule has 0 amide bonds. The molecule has 0 radical (unpaired) electrons. The molecule has 0 saturated carbocycles. The molecule has 1 aromatic rings. The third-order valence-electron chi connectivity index (χ3n) is 2.17. The summed E-state index contributed by atoms with van der Waals surface area (Å²) in [4.78, 5) is 0. The third-order valence-corrected chi connectivity index (χ3v) is 2.42. The highest BCUT2D eigenvalue weighted by atomic mass is 35.5. The molecule has 1 rings (SSSR count). The zero-order valence-electron chi connectivity index (χ0n) is 8.76. The van der Waals surface area contributed by atoms with Gasteiger partial charge in [-0.15, -0.1) is 0 Å². The average molecular weight is 213 g/mol. The predicted molar refractivity (Wildman–Crippen MR) is 60.7 cm³/mol. The summed E-state index contributed by atoms with van der Waals surface area (Å²) in [5.41, 5.74) is 0.727. The van der Waals surface area contributed by atoms with E-state index in [9.17, 15) is 5.11 Å². The Hall–Kier alpha value is -0.530. The average Bonchev–Trinajstić information content (AvgIpc) is 2.06. The first-order valence-electron chi connectivity index (χ1n) is 4.94. The Morgan fingerprint density at radius 2 is 1.79 bits per heavy atom. The zero-order valence-corrected chi connectivity index (χ0v) is 9.51. The Morgan fingerprint density at radius 3 is 2.29 bits per heavy atom. The number of aryl methyl sites for hydroxylation is 1. The largest absolute Gasteiger partial charge is 0.390 e. The van der Waals surface area contributed by atoms with Gasteiger partial charge in [-0.2, -0.15) is 0 Å². The smallest absolute Gasteiger partial charge is 0.0591 e. The summed E-state index contributed by atoms with van der Waals surface area (Å²) in [6.45, 7) is 3.68. The van der Waals surface area contributed by atoms with Crippen LogP contribution in [0.3, 0.4) is 0 Å². The molecule has 0 atom stereocenters. The van der Waals surface area contributed by atoms with Crippen LogP contribution in [0.2, 0.25) is 5.02 Å². The molecule has 0 aliphatic rings. The molecular formula is C12H17ClO. The molecule has 78 valence electrons. The van der Waals surface area contributed by atoms with Crippen molar-refractivity contribution in [3.8, 4) is 0 Å². The zero-order chi connectivity index (χ0) is 10.6. The molecule has 1 aromatic carbocycles. The van der Waals surface area contributed by atoms with E-state index in [0.717, 1.165) is 24.3 Å². The van der Waals surface area contributed by atoms with E-state index in [2.05, 4.69) is 0 Å². The van der Waals surface area contributed by atoms with Crippen molar-refractivity contribution in [3.63, 3.8) is 0 Å². The predicted octanol–water partition coefficient (Wildman–Crippen LogP) is 3.43. The highest BCUT2D eigenvalue weighted by molar-refractivity contribution is 6.30. The number of hydrogen-bond acceptors (Lipinski definition) is 1. The van der Waals surface area contributed by atoms with Gasteiger partial charge in [0, 0.05) is 5.02 Å². The molecule has 0 aliphatic heterocycles. The van der Waals surface area contributed by atoms with E-state index in [1.165, 1.54) is 5.56 Å². The van der Waals surface area contributed by atoms with Gasteiger partial charge in [-0.05, 0) is 50.8 Å². The molecule has 0 saturated heterocycles. The summed E-state index contributed by atoms with van der Waals surface area (Å²) in [6, 6.07) is 7.88. The van der Waals surface area contributed by atoms with Crippen molar-refractivity contribution in [1.29, 1.82) is 0 Å². The fourth-order valence-electron chi connectivity index (χ4n) is 1.38. The van der Waals surface area contributed by atoms with Crippen LogP contribution < -0.4 is 0 Å². The highest BCUT2D eigenvalue weighted by Crippen LogP contribution is 2.15. The van der Waals surface area contributed by atoms with Gasteiger partial charge in [0.25, 0.3) is 0 Å². The van der Waals surface area contributed by atoms with Crippen molar-refractivity contribution in [2.24, 2.45) is 0 Å². The number of rotatable bonds is 4. The molecule has 0 bridgehead atoms. The summed E-state index contributed by atoms with van der Waals surface area (Å²) in [5.74, 6) is 0. The van der Waals surface area contributed by atoms with Crippen molar-refractivity contribution in [3.05, 3.63) is 34.9 Å². The summed E-state index contributed by atoms with van der Waals surface area (Å²) < 4.78 is 0. The second-order valence-corrected chi connectivity index (χ2v) is 4.73. The SMILES string of the molecule is CC(C)(O)CCCc1ccc(Cl)cc1. The molecule has 2 heteroatoms. The first-order valence-corrected chi connectivity index (χ1v) is 5.32. The van der Waals surface area contributed by atoms with Gasteiger partial charge < -0.3 is 5.11 Å². The lowest BCUT2D eigenvalue weighted by molar-refractivity contribution is 0.0689. The van der Waals surface area contributed by atoms with Gasteiger partial charge in [0.2, 0.25) is 0 Å². The van der Waals surface area contributed by atoms with Crippen LogP contribution in [-0.4, -0.2) is 10.7 Å². The minimum Gasteiger partial charge on any atom is -0.390 e. The molecule has 0 aliphatic carbocycles. The maximum absolute atomic E-state index is 9.52. The molecule has 0 aromatic heterocycles. The van der Waals surface area contributed by atoms with E-state index in [4.69, 9.17) is 11.6 Å². The van der Waals surface area contributed by atoms with E-state index in [0.29, 0.717) is 0 Å². The van der Waals surface area contributed by atoms with Crippen LogP contribution in [0, 0.1) is 0 Å². The lowest BCUT2D eigenvalue weighted by Gasteiger charge is -2.16. The van der Waals surface area contributed by atoms with E-state index in [1.807, 2.05) is 38.1 Å². The van der Waals surface area contributed by atoms with Crippen LogP contribution in [0.15, 0.2) is 24.3 Å². The molecule has 1 N–H and O–H groups in total. The summed E-state index contributed by atoms with van der Waals surface area (Å²) >= 11 is 5.78. The van der Waals surface area contributed by atoms with Crippen LogP contribution >= 0.6 is 11.6 Å². The van der Waals surface area contributed by atoms with Crippen LogP contribution in [0.4, 0.5) is 0 Å². The van der Waals surface area contributed by atoms with Crippen LogP contribution in [0.1, 0.15) is 32.3 Å². The molecule has 14 heavy (non-hydrogen) atoms. The maximum atomic E-state index is 9.52. The monoisotopic (exact) mass is 212 g/mol. The molecule has 0 fully saturated rings. The first kappa shape index (κ1) is 11.5. The molecule has 0 spiro atoms. The molecule has 0 heterocycles. The van der Waals surface area contributed by atoms with Gasteiger partial charge in [-0.3, -0.25) is 0 Å². The van der Waals surface area contributed by atoms with Gasteiger partial charge in [0.05, 0.1) is 5.60 Å². The Bertz CT molecular complexity index is 271. The van der Waals surface area contributed by atoms with Crippen molar-refractivity contribution in [2.75, 3.05) is 0 Å². The van der Waals surface area contributed by atoms with Gasteiger partial charge in [-0.1, -0.05) is 23.7 Å². The van der Waals surface area contributed by atoms with Gasteiger partial charge in [0.1, 0.15) is 0 Å². The number of halogens is 1. The van der Waals surface area contributed by atoms with Crippen molar-refractivity contribution < 1.29 is 5.11 Å². The van der Waals surface area contributed by atoms with E-state index in [-0.39, 0.29) is 0 Å². The van der Waals surface area contributed by atoms with Crippen molar-refractivity contribution in [1.82, 2.24) is 0 Å². The molecule has 1 nitrogen and oxygen atoms in total. The normalized spacial score (nSPS) is 11.7. The number of benzene rings is 1. The fraction of sp³-hybridized carbons (Fsp3) is 0.500. The number of hydrogen-bond donors (Lipinski definition) is 1. The van der Waals surface area contributed by atoms with E-state index >= 15 is 0 Å². The highest BCUT2D eigenvalue weighted by Gasteiger charge is 2.11. The minimum atomic E-state index is -0.549. The third kappa shape index (κ3) is 4.64. The Labute approximate surface area is 90.7 Å². The van der Waals surface area contributed by atoms with Crippen molar-refractivity contribution >= 4 is 11.6 Å². The molecular weight excluding hydrogens is 196 g/mol. The lowest BCUT2D eigenvalue weighted by Crippen LogP contribution is -2.18. The second-order valence-electron chi connectivity index (χ2n) is 4.29. The fourth-order valence-corrected chi connectivity index (χ4v) is 1.50. The van der Waals surface area contributed by atoms with Crippen LogP contribution in [0.25, 0.3) is 0 Å². The summed E-state index contributed by atoms with van der Waals surface area (Å²) in [7, 11) is 0. The standard InChI is InChI=1S/C12H17ClO/c1-12(2,14)9-3-4-10-5-7-11(13)8-6-10/h5-8,14H,3-4,9H2,1-2H3. The topological polar surface area (TPSA) is 20.2 Å². The first-order chi connectivity index (χ1) is 6.47. The van der Waals surface area contributed by atoms with Gasteiger partial charge in [-0.25, -0.2) is 0 Å². The minimum absolute atomic E-state index is 0.549. The van der Waals surface area contributed by atoms with Crippen LogP contribution in [-0.2, 0) is 6.42 Å². The van der Waals surface area contributed by atoms with Gasteiger partial charge >= 0.3 is 0 Å². The second kappa shape index (κ2) is 4.81. The van der Waals surface area contributed by atoms with Gasteiger partial charge in [0.15, 0.2) is 0 Å². The summed E-state index contributed by atoms with van der Waals surface area (Å²) in [6.07, 6.45) is 2.84.